The summed E-state index contributed by atoms with van der Waals surface area (Å²) in [5.41, 5.74) is -0.866. The van der Waals surface area contributed by atoms with Crippen molar-refractivity contribution in [2.45, 2.75) is 45.3 Å². The molecule has 0 aromatic carbocycles. The molecule has 5 nitrogen and oxygen atoms in total. The first kappa shape index (κ1) is 18.9. The summed E-state index contributed by atoms with van der Waals surface area (Å²) < 4.78 is 16.8. The van der Waals surface area contributed by atoms with E-state index in [0.717, 1.165) is 10.8 Å². The van der Waals surface area contributed by atoms with E-state index in [1.807, 2.05) is 27.7 Å². The van der Waals surface area contributed by atoms with Gasteiger partial charge < -0.3 is 19.5 Å². The molecule has 0 spiro atoms. The van der Waals surface area contributed by atoms with Gasteiger partial charge in [0.15, 0.2) is 0 Å². The highest BCUT2D eigenvalue weighted by Crippen LogP contribution is 2.14. The summed E-state index contributed by atoms with van der Waals surface area (Å²) in [7, 11) is 1.67. The number of amides is 1. The average molecular weight is 387 g/mol. The second-order valence-corrected chi connectivity index (χ2v) is 6.40. The maximum Gasteiger partial charge on any atom is 0.407 e. The van der Waals surface area contributed by atoms with Crippen LogP contribution >= 0.6 is 22.6 Å². The minimum atomic E-state index is -0.482. The average Bonchev–Trinajstić information content (AvgIpc) is 2.30. The van der Waals surface area contributed by atoms with Crippen molar-refractivity contribution in [2.24, 2.45) is 0 Å². The Bertz CT molecular complexity index is 268. The third kappa shape index (κ3) is 10.4. The molecule has 1 amide bonds. The molecular weight excluding hydrogens is 361 g/mol. The molecule has 1 unspecified atom stereocenters. The van der Waals surface area contributed by atoms with Gasteiger partial charge in [0.2, 0.25) is 0 Å². The van der Waals surface area contributed by atoms with Crippen molar-refractivity contribution in [1.29, 1.82) is 0 Å². The van der Waals surface area contributed by atoms with Gasteiger partial charge in [-0.1, -0.05) is 22.6 Å². The van der Waals surface area contributed by atoms with Crippen molar-refractivity contribution in [3.8, 4) is 0 Å². The molecule has 1 atom stereocenters. The number of hydrogen-bond donors (Lipinski definition) is 1. The zero-order valence-electron chi connectivity index (χ0n) is 12.5. The van der Waals surface area contributed by atoms with Crippen LogP contribution in [0, 0.1) is 0 Å². The summed E-state index contributed by atoms with van der Waals surface area (Å²) in [5, 5.41) is 2.75. The van der Waals surface area contributed by atoms with Crippen LogP contribution in [0.4, 0.5) is 4.79 Å². The Morgan fingerprint density at radius 2 is 1.84 bits per heavy atom. The molecule has 0 saturated carbocycles. The Morgan fingerprint density at radius 1 is 1.21 bits per heavy atom. The third-order valence-electron chi connectivity index (χ3n) is 2.23. The summed E-state index contributed by atoms with van der Waals surface area (Å²) in [4.78, 5) is 11.6. The molecule has 0 aromatic heterocycles. The zero-order chi connectivity index (χ0) is 14.9. The number of carbonyl (C=O) groups is 1. The molecule has 0 fully saturated rings. The molecule has 0 heterocycles. The molecule has 0 aromatic rings. The van der Waals surface area contributed by atoms with Gasteiger partial charge in [-0.3, -0.25) is 0 Å². The third-order valence-corrected chi connectivity index (χ3v) is 3.85. The van der Waals surface area contributed by atoms with Crippen LogP contribution in [0.3, 0.4) is 0 Å². The van der Waals surface area contributed by atoms with E-state index in [2.05, 4.69) is 27.9 Å². The van der Waals surface area contributed by atoms with Crippen molar-refractivity contribution in [3.05, 3.63) is 0 Å². The van der Waals surface area contributed by atoms with Crippen molar-refractivity contribution in [1.82, 2.24) is 5.32 Å². The van der Waals surface area contributed by atoms with E-state index >= 15 is 0 Å². The normalized spacial score (nSPS) is 14.8. The molecule has 1 N–H and O–H groups in total. The number of alkyl halides is 1. The summed E-state index contributed by atoms with van der Waals surface area (Å²) in [6.45, 7) is 9.21. The van der Waals surface area contributed by atoms with E-state index in [0.29, 0.717) is 19.8 Å². The lowest BCUT2D eigenvalue weighted by Gasteiger charge is -2.29. The van der Waals surface area contributed by atoms with Gasteiger partial charge in [-0.25, -0.2) is 4.79 Å². The standard InChI is InChI=1S/C13H26INO4/c1-12(2,3)19-11(16)15-10-13(4,9-14)18-8-6-7-17-5/h6-10H2,1-5H3,(H,15,16). The molecule has 6 heteroatoms. The summed E-state index contributed by atoms with van der Waals surface area (Å²) in [5.74, 6) is 0. The monoisotopic (exact) mass is 387 g/mol. The van der Waals surface area contributed by atoms with Gasteiger partial charge >= 0.3 is 6.09 Å². The van der Waals surface area contributed by atoms with Crippen LogP contribution in [0.15, 0.2) is 0 Å². The summed E-state index contributed by atoms with van der Waals surface area (Å²) >= 11 is 2.25. The minimum absolute atomic E-state index is 0.384. The predicted octanol–water partition coefficient (Wildman–Crippen LogP) is 2.76. The smallest absolute Gasteiger partial charge is 0.407 e. The van der Waals surface area contributed by atoms with E-state index < -0.39 is 11.7 Å². The Morgan fingerprint density at radius 3 is 2.32 bits per heavy atom. The lowest BCUT2D eigenvalue weighted by Crippen LogP contribution is -2.45. The van der Waals surface area contributed by atoms with Gasteiger partial charge in [0, 0.05) is 24.8 Å². The zero-order valence-corrected chi connectivity index (χ0v) is 14.7. The van der Waals surface area contributed by atoms with E-state index in [4.69, 9.17) is 14.2 Å². The SMILES string of the molecule is COCCCOC(C)(CI)CNC(=O)OC(C)(C)C. The molecule has 0 saturated heterocycles. The summed E-state index contributed by atoms with van der Waals surface area (Å²) in [6, 6.07) is 0. The van der Waals surface area contributed by atoms with Gasteiger partial charge in [0.05, 0.1) is 12.1 Å². The highest BCUT2D eigenvalue weighted by atomic mass is 127. The van der Waals surface area contributed by atoms with Crippen LogP contribution in [0.5, 0.6) is 0 Å². The quantitative estimate of drug-likeness (QED) is 0.395. The Labute approximate surface area is 129 Å². The van der Waals surface area contributed by atoms with E-state index in [-0.39, 0.29) is 5.60 Å². The molecule has 0 bridgehead atoms. The number of rotatable bonds is 8. The molecule has 0 rings (SSSR count). The molecular formula is C13H26INO4. The van der Waals surface area contributed by atoms with Crippen molar-refractivity contribution < 1.29 is 19.0 Å². The van der Waals surface area contributed by atoms with Gasteiger partial charge in [-0.15, -0.1) is 0 Å². The first-order chi connectivity index (χ1) is 8.72. The van der Waals surface area contributed by atoms with Crippen LogP contribution in [0.1, 0.15) is 34.1 Å². The highest BCUT2D eigenvalue weighted by Gasteiger charge is 2.25. The summed E-state index contributed by atoms with van der Waals surface area (Å²) in [6.07, 6.45) is 0.430. The molecule has 114 valence electrons. The number of hydrogen-bond acceptors (Lipinski definition) is 4. The molecule has 0 aliphatic carbocycles. The predicted molar refractivity (Wildman–Crippen MR) is 84.0 cm³/mol. The largest absolute Gasteiger partial charge is 0.444 e. The number of ether oxygens (including phenoxy) is 3. The van der Waals surface area contributed by atoms with Crippen LogP contribution in [-0.4, -0.2) is 48.6 Å². The topological polar surface area (TPSA) is 56.8 Å². The maximum atomic E-state index is 11.6. The number of nitrogens with one attached hydrogen (secondary N) is 1. The van der Waals surface area contributed by atoms with Crippen molar-refractivity contribution in [2.75, 3.05) is 31.3 Å². The van der Waals surface area contributed by atoms with Crippen molar-refractivity contribution in [3.63, 3.8) is 0 Å². The first-order valence-corrected chi connectivity index (χ1v) is 7.91. The molecule has 0 aliphatic rings. The van der Waals surface area contributed by atoms with Crippen LogP contribution in [-0.2, 0) is 14.2 Å². The lowest BCUT2D eigenvalue weighted by molar-refractivity contribution is -0.0206. The lowest BCUT2D eigenvalue weighted by atomic mass is 10.1. The number of alkyl carbamates (subject to hydrolysis) is 1. The fraction of sp³-hybridized carbons (Fsp3) is 0.923. The molecule has 19 heavy (non-hydrogen) atoms. The second kappa shape index (κ2) is 8.97. The Balaban J connectivity index is 4.05. The number of halogens is 1. The van der Waals surface area contributed by atoms with E-state index in [1.54, 1.807) is 7.11 Å². The fourth-order valence-corrected chi connectivity index (χ4v) is 1.72. The van der Waals surface area contributed by atoms with Crippen LogP contribution < -0.4 is 5.32 Å². The van der Waals surface area contributed by atoms with Gasteiger partial charge in [-0.2, -0.15) is 0 Å². The van der Waals surface area contributed by atoms with Gasteiger partial charge in [0.1, 0.15) is 5.60 Å². The fourth-order valence-electron chi connectivity index (χ4n) is 1.23. The van der Waals surface area contributed by atoms with Gasteiger partial charge in [-0.05, 0) is 34.1 Å². The molecule has 0 radical (unpaired) electrons. The van der Waals surface area contributed by atoms with Crippen LogP contribution in [0.2, 0.25) is 0 Å². The number of methoxy groups -OCH3 is 1. The Kier molecular flexibility index (Phi) is 8.93. The maximum absolute atomic E-state index is 11.6. The van der Waals surface area contributed by atoms with Crippen molar-refractivity contribution >= 4 is 28.7 Å². The molecule has 0 aliphatic heterocycles. The van der Waals surface area contributed by atoms with Gasteiger partial charge in [0.25, 0.3) is 0 Å². The van der Waals surface area contributed by atoms with Crippen LogP contribution in [0.25, 0.3) is 0 Å². The van der Waals surface area contributed by atoms with E-state index in [1.165, 1.54) is 0 Å². The first-order valence-electron chi connectivity index (χ1n) is 6.38. The minimum Gasteiger partial charge on any atom is -0.444 e. The highest BCUT2D eigenvalue weighted by molar-refractivity contribution is 14.1. The number of carbonyl (C=O) groups excluding carboxylic acids is 1. The second-order valence-electron chi connectivity index (χ2n) is 5.63. The Hall–Kier alpha value is -0.0800. The van der Waals surface area contributed by atoms with E-state index in [9.17, 15) is 4.79 Å².